The van der Waals surface area contributed by atoms with Gasteiger partial charge in [0.05, 0.1) is 17.7 Å². The summed E-state index contributed by atoms with van der Waals surface area (Å²) in [5, 5.41) is 3.32. The maximum Gasteiger partial charge on any atom is 0.256 e. The Morgan fingerprint density at radius 3 is 2.85 bits per heavy atom. The van der Waals surface area contributed by atoms with Crippen molar-refractivity contribution in [1.82, 2.24) is 4.90 Å². The van der Waals surface area contributed by atoms with Crippen LogP contribution in [0.15, 0.2) is 24.3 Å². The van der Waals surface area contributed by atoms with Crippen molar-refractivity contribution in [3.63, 3.8) is 0 Å². The maximum absolute atomic E-state index is 12.7. The van der Waals surface area contributed by atoms with Gasteiger partial charge in [-0.1, -0.05) is 19.1 Å². The molecule has 0 radical (unpaired) electrons. The van der Waals surface area contributed by atoms with E-state index in [-0.39, 0.29) is 18.1 Å². The van der Waals surface area contributed by atoms with Gasteiger partial charge in [0.25, 0.3) is 5.91 Å². The number of anilines is 1. The quantitative estimate of drug-likeness (QED) is 0.899. The number of hydrogen-bond donors (Lipinski definition) is 1. The van der Waals surface area contributed by atoms with Gasteiger partial charge >= 0.3 is 0 Å². The van der Waals surface area contributed by atoms with Crippen LogP contribution in [0.1, 0.15) is 37.0 Å². The molecule has 0 spiro atoms. The van der Waals surface area contributed by atoms with Crippen LogP contribution in [0, 0.1) is 0 Å². The largest absolute Gasteiger partial charge is 0.384 e. The van der Waals surface area contributed by atoms with E-state index >= 15 is 0 Å². The fourth-order valence-corrected chi connectivity index (χ4v) is 2.65. The molecule has 0 aliphatic carbocycles. The molecule has 1 aromatic carbocycles. The molecule has 2 rings (SSSR count). The van der Waals surface area contributed by atoms with E-state index in [4.69, 9.17) is 4.74 Å². The van der Waals surface area contributed by atoms with Gasteiger partial charge in [-0.25, -0.2) is 0 Å². The van der Waals surface area contributed by atoms with Gasteiger partial charge in [-0.3, -0.25) is 4.79 Å². The molecule has 1 aromatic rings. The van der Waals surface area contributed by atoms with Gasteiger partial charge in [0.1, 0.15) is 0 Å². The molecular formula is C16H24N2O2. The highest BCUT2D eigenvalue weighted by Crippen LogP contribution is 2.23. The summed E-state index contributed by atoms with van der Waals surface area (Å²) in [7, 11) is 1.87. The molecule has 2 atom stereocenters. The van der Waals surface area contributed by atoms with Gasteiger partial charge in [0, 0.05) is 25.9 Å². The Balaban J connectivity index is 2.15. The Morgan fingerprint density at radius 1 is 1.45 bits per heavy atom. The number of hydrogen-bond acceptors (Lipinski definition) is 3. The minimum Gasteiger partial charge on any atom is -0.384 e. The molecule has 4 heteroatoms. The highest BCUT2D eigenvalue weighted by atomic mass is 16.5. The smallest absolute Gasteiger partial charge is 0.256 e. The Kier molecular flexibility index (Phi) is 5.01. The Bertz CT molecular complexity index is 462. The van der Waals surface area contributed by atoms with Crippen LogP contribution in [-0.4, -0.2) is 43.2 Å². The number of carbonyl (C=O) groups excluding carboxylic acids is 1. The summed E-state index contributed by atoms with van der Waals surface area (Å²) in [6, 6.07) is 7.88. The van der Waals surface area contributed by atoms with Gasteiger partial charge in [-0.15, -0.1) is 0 Å². The molecule has 1 heterocycles. The first-order valence-corrected chi connectivity index (χ1v) is 7.36. The van der Waals surface area contributed by atoms with E-state index < -0.39 is 0 Å². The minimum atomic E-state index is 0.0616. The van der Waals surface area contributed by atoms with E-state index in [1.807, 2.05) is 43.1 Å². The van der Waals surface area contributed by atoms with E-state index in [0.29, 0.717) is 0 Å². The second-order valence-electron chi connectivity index (χ2n) is 5.32. The van der Waals surface area contributed by atoms with Crippen molar-refractivity contribution in [1.29, 1.82) is 0 Å². The van der Waals surface area contributed by atoms with Crippen molar-refractivity contribution < 1.29 is 9.53 Å². The maximum atomic E-state index is 12.7. The second-order valence-corrected chi connectivity index (χ2v) is 5.32. The van der Waals surface area contributed by atoms with E-state index in [9.17, 15) is 4.79 Å². The SMILES string of the molecule is CCCNc1ccccc1C(=O)N(C)C1CCOC1C. The fourth-order valence-electron chi connectivity index (χ4n) is 2.65. The monoisotopic (exact) mass is 276 g/mol. The summed E-state index contributed by atoms with van der Waals surface area (Å²) < 4.78 is 5.56. The topological polar surface area (TPSA) is 41.6 Å². The van der Waals surface area contributed by atoms with E-state index in [1.54, 1.807) is 0 Å². The van der Waals surface area contributed by atoms with Gasteiger partial charge in [0.2, 0.25) is 0 Å². The van der Waals surface area contributed by atoms with Crippen molar-refractivity contribution in [3.8, 4) is 0 Å². The molecule has 0 aromatic heterocycles. The van der Waals surface area contributed by atoms with Gasteiger partial charge < -0.3 is 15.0 Å². The predicted octanol–water partition coefficient (Wildman–Crippen LogP) is 2.76. The molecule has 1 amide bonds. The highest BCUT2D eigenvalue weighted by molar-refractivity contribution is 5.99. The molecule has 2 unspecified atom stereocenters. The summed E-state index contributed by atoms with van der Waals surface area (Å²) in [6.07, 6.45) is 2.06. The lowest BCUT2D eigenvalue weighted by Gasteiger charge is -2.27. The average Bonchev–Trinajstić information content (AvgIpc) is 2.90. The van der Waals surface area contributed by atoms with Crippen molar-refractivity contribution >= 4 is 11.6 Å². The summed E-state index contributed by atoms with van der Waals surface area (Å²) in [5.41, 5.74) is 1.65. The summed E-state index contributed by atoms with van der Waals surface area (Å²) >= 11 is 0. The molecule has 0 bridgehead atoms. The zero-order valence-electron chi connectivity index (χ0n) is 12.6. The third-order valence-corrected chi connectivity index (χ3v) is 3.88. The van der Waals surface area contributed by atoms with Crippen molar-refractivity contribution in [3.05, 3.63) is 29.8 Å². The zero-order chi connectivity index (χ0) is 14.5. The molecule has 20 heavy (non-hydrogen) atoms. The number of nitrogens with one attached hydrogen (secondary N) is 1. The van der Waals surface area contributed by atoms with Gasteiger partial charge in [-0.2, -0.15) is 0 Å². The summed E-state index contributed by atoms with van der Waals surface area (Å²) in [5.74, 6) is 0.0616. The first kappa shape index (κ1) is 14.9. The van der Waals surface area contributed by atoms with E-state index in [2.05, 4.69) is 12.2 Å². The van der Waals surface area contributed by atoms with Crippen molar-refractivity contribution in [2.75, 3.05) is 25.5 Å². The molecule has 1 saturated heterocycles. The average molecular weight is 276 g/mol. The molecular weight excluding hydrogens is 252 g/mol. The molecule has 4 nitrogen and oxygen atoms in total. The first-order chi connectivity index (χ1) is 9.65. The molecule has 1 aliphatic heterocycles. The van der Waals surface area contributed by atoms with Crippen LogP contribution in [0.4, 0.5) is 5.69 Å². The Hall–Kier alpha value is -1.55. The van der Waals surface area contributed by atoms with Crippen molar-refractivity contribution in [2.24, 2.45) is 0 Å². The third-order valence-electron chi connectivity index (χ3n) is 3.88. The number of para-hydroxylation sites is 1. The van der Waals surface area contributed by atoms with Crippen LogP contribution in [0.2, 0.25) is 0 Å². The van der Waals surface area contributed by atoms with Gasteiger partial charge in [-0.05, 0) is 31.9 Å². The lowest BCUT2D eigenvalue weighted by molar-refractivity contribution is 0.0575. The molecule has 1 fully saturated rings. The number of carbonyl (C=O) groups is 1. The number of benzene rings is 1. The summed E-state index contributed by atoms with van der Waals surface area (Å²) in [6.45, 7) is 5.75. The van der Waals surface area contributed by atoms with Crippen LogP contribution in [-0.2, 0) is 4.74 Å². The molecule has 110 valence electrons. The third kappa shape index (κ3) is 3.12. The molecule has 1 N–H and O–H groups in total. The lowest BCUT2D eigenvalue weighted by Crippen LogP contribution is -2.41. The van der Waals surface area contributed by atoms with Crippen LogP contribution in [0.5, 0.6) is 0 Å². The highest BCUT2D eigenvalue weighted by Gasteiger charge is 2.31. The normalized spacial score (nSPS) is 21.8. The Labute approximate surface area is 121 Å². The molecule has 1 aliphatic rings. The lowest BCUT2D eigenvalue weighted by atomic mass is 10.1. The van der Waals surface area contributed by atoms with Crippen LogP contribution in [0.25, 0.3) is 0 Å². The van der Waals surface area contributed by atoms with Crippen LogP contribution < -0.4 is 5.32 Å². The number of rotatable bonds is 5. The number of likely N-dealkylation sites (N-methyl/N-ethyl adjacent to an activating group) is 1. The number of amides is 1. The van der Waals surface area contributed by atoms with Crippen LogP contribution >= 0.6 is 0 Å². The minimum absolute atomic E-state index is 0.0616. The van der Waals surface area contributed by atoms with Gasteiger partial charge in [0.15, 0.2) is 0 Å². The zero-order valence-corrected chi connectivity index (χ0v) is 12.6. The summed E-state index contributed by atoms with van der Waals surface area (Å²) in [4.78, 5) is 14.5. The number of nitrogens with zero attached hydrogens (tertiary/aromatic N) is 1. The first-order valence-electron chi connectivity index (χ1n) is 7.36. The second kappa shape index (κ2) is 6.75. The predicted molar refractivity (Wildman–Crippen MR) is 81.1 cm³/mol. The fraction of sp³-hybridized carbons (Fsp3) is 0.562. The van der Waals surface area contributed by atoms with Crippen molar-refractivity contribution in [2.45, 2.75) is 38.8 Å². The standard InChI is InChI=1S/C16H24N2O2/c1-4-10-17-14-8-6-5-7-13(14)16(19)18(3)15-9-11-20-12(15)2/h5-8,12,15,17H,4,9-11H2,1-3H3. The van der Waals surface area contributed by atoms with Crippen LogP contribution in [0.3, 0.4) is 0 Å². The van der Waals surface area contributed by atoms with E-state index in [0.717, 1.165) is 37.2 Å². The van der Waals surface area contributed by atoms with E-state index in [1.165, 1.54) is 0 Å². The Morgan fingerprint density at radius 2 is 2.20 bits per heavy atom. The number of ether oxygens (including phenoxy) is 1. The molecule has 0 saturated carbocycles.